The maximum Gasteiger partial charge on any atom is 0.343 e. The van der Waals surface area contributed by atoms with Crippen LogP contribution in [0.1, 0.15) is 25.7 Å². The smallest absolute Gasteiger partial charge is 0.343 e. The van der Waals surface area contributed by atoms with E-state index in [4.69, 9.17) is 10.1 Å². The highest BCUT2D eigenvalue weighted by atomic mass is 32.2. The van der Waals surface area contributed by atoms with Crippen LogP contribution in [0, 0.1) is 17.2 Å². The van der Waals surface area contributed by atoms with E-state index in [1.54, 1.807) is 5.01 Å². The fraction of sp³-hybridized carbons (Fsp3) is 0.714. The maximum atomic E-state index is 12.3. The van der Waals surface area contributed by atoms with Gasteiger partial charge >= 0.3 is 6.03 Å². The van der Waals surface area contributed by atoms with Crippen LogP contribution in [0.5, 0.6) is 0 Å². The Morgan fingerprint density at radius 1 is 1.29 bits per heavy atom. The summed E-state index contributed by atoms with van der Waals surface area (Å²) in [6.07, 6.45) is 4.97. The number of sulfonamides is 1. The van der Waals surface area contributed by atoms with E-state index in [9.17, 15) is 13.2 Å². The van der Waals surface area contributed by atoms with Gasteiger partial charge in [-0.1, -0.05) is 6.42 Å². The lowest BCUT2D eigenvalue weighted by molar-refractivity contribution is 0.157. The van der Waals surface area contributed by atoms with Crippen molar-refractivity contribution in [3.63, 3.8) is 0 Å². The molecule has 3 fully saturated rings. The van der Waals surface area contributed by atoms with Gasteiger partial charge in [-0.05, 0) is 31.1 Å². The topological polar surface area (TPSA) is 124 Å². The van der Waals surface area contributed by atoms with Crippen LogP contribution in [0.15, 0.2) is 10.8 Å². The van der Waals surface area contributed by atoms with E-state index < -0.39 is 16.1 Å². The summed E-state index contributed by atoms with van der Waals surface area (Å²) in [5, 5.41) is 11.9. The summed E-state index contributed by atoms with van der Waals surface area (Å²) in [5.74, 6) is 1.18. The first-order chi connectivity index (χ1) is 11.5. The van der Waals surface area contributed by atoms with Gasteiger partial charge in [0.2, 0.25) is 5.88 Å². The Balaban J connectivity index is 1.61. The molecule has 2 saturated heterocycles. The van der Waals surface area contributed by atoms with Crippen LogP contribution in [0.4, 0.5) is 4.79 Å². The molecule has 3 rings (SSSR count). The number of nitrogens with one attached hydrogen (secondary N) is 4. The third-order valence-electron chi connectivity index (χ3n) is 4.71. The lowest BCUT2D eigenvalue weighted by atomic mass is 10.0. The first-order valence-electron chi connectivity index (χ1n) is 8.19. The molecule has 2 aliphatic heterocycles. The molecule has 2 unspecified atom stereocenters. The average molecular weight is 357 g/mol. The Bertz CT molecular complexity index is 628. The lowest BCUT2D eigenvalue weighted by Gasteiger charge is -2.21. The van der Waals surface area contributed by atoms with E-state index in [0.717, 1.165) is 32.4 Å². The van der Waals surface area contributed by atoms with Crippen LogP contribution in [0.3, 0.4) is 0 Å². The third-order valence-corrected chi connectivity index (χ3v) is 6.05. The van der Waals surface area contributed by atoms with Crippen LogP contribution < -0.4 is 15.5 Å². The monoisotopic (exact) mass is 357 g/mol. The van der Waals surface area contributed by atoms with Crippen LogP contribution in [-0.4, -0.2) is 51.9 Å². The van der Waals surface area contributed by atoms with Gasteiger partial charge in [0.05, 0.1) is 6.61 Å². The largest absolute Gasteiger partial charge is 0.478 e. The molecular weight excluding hydrogens is 334 g/mol. The molecule has 1 saturated carbocycles. The van der Waals surface area contributed by atoms with E-state index in [0.29, 0.717) is 31.2 Å². The Morgan fingerprint density at radius 3 is 2.58 bits per heavy atom. The van der Waals surface area contributed by atoms with E-state index >= 15 is 0 Å². The molecule has 4 N–H and O–H groups in total. The lowest BCUT2D eigenvalue weighted by Crippen LogP contribution is -2.48. The van der Waals surface area contributed by atoms with E-state index in [2.05, 4.69) is 10.7 Å². The van der Waals surface area contributed by atoms with E-state index in [-0.39, 0.29) is 10.8 Å². The van der Waals surface area contributed by atoms with Gasteiger partial charge in [0, 0.05) is 25.8 Å². The van der Waals surface area contributed by atoms with E-state index in [1.807, 2.05) is 4.72 Å². The molecule has 134 valence electrons. The number of urea groups is 1. The number of hydrogen-bond donors (Lipinski definition) is 4. The Morgan fingerprint density at radius 2 is 2.00 bits per heavy atom. The quantitative estimate of drug-likeness (QED) is 0.529. The highest BCUT2D eigenvalue weighted by Gasteiger charge is 2.37. The Kier molecular flexibility index (Phi) is 4.95. The standard InChI is InChI=1S/C14H23N5O4S/c15-7-12(13-16-5-2-6-23-13)24(21,22)18-14(20)17-19-8-10-3-1-4-11(10)9-19/h7,10-11,15-16H,1-6,8-9H2,(H2,17,18,20)/b13-12-,15-7?. The molecule has 0 aromatic rings. The van der Waals surface area contributed by atoms with Crippen molar-refractivity contribution in [2.75, 3.05) is 26.2 Å². The molecule has 2 atom stereocenters. The second-order valence-electron chi connectivity index (χ2n) is 6.37. The summed E-state index contributed by atoms with van der Waals surface area (Å²) in [7, 11) is -4.17. The number of ether oxygens (including phenoxy) is 1. The number of hydrogen-bond acceptors (Lipinski definition) is 7. The summed E-state index contributed by atoms with van der Waals surface area (Å²) < 4.78 is 31.8. The number of hydrazine groups is 1. The van der Waals surface area contributed by atoms with Gasteiger partial charge in [-0.15, -0.1) is 0 Å². The first-order valence-corrected chi connectivity index (χ1v) is 9.67. The van der Waals surface area contributed by atoms with Gasteiger partial charge in [-0.25, -0.2) is 22.9 Å². The number of carbonyl (C=O) groups excluding carboxylic acids is 1. The predicted octanol–water partition coefficient (Wildman–Crippen LogP) is 0.0909. The minimum atomic E-state index is -4.17. The van der Waals surface area contributed by atoms with Crippen molar-refractivity contribution in [2.45, 2.75) is 25.7 Å². The summed E-state index contributed by atoms with van der Waals surface area (Å²) in [4.78, 5) is 11.7. The summed E-state index contributed by atoms with van der Waals surface area (Å²) in [5.41, 5.74) is 2.59. The molecule has 0 bridgehead atoms. The molecule has 0 aromatic carbocycles. The summed E-state index contributed by atoms with van der Waals surface area (Å²) in [6.45, 7) is 2.44. The maximum absolute atomic E-state index is 12.3. The van der Waals surface area contributed by atoms with Gasteiger partial charge < -0.3 is 15.5 Å². The Hall–Kier alpha value is -1.81. The molecule has 2 amide bonds. The SMILES string of the molecule is N=C/C(=C1\NCCCO1)S(=O)(=O)NC(=O)NN1CC2CCCC2C1. The third kappa shape index (κ3) is 3.64. The molecular formula is C14H23N5O4S. The zero-order chi connectivity index (χ0) is 17.2. The highest BCUT2D eigenvalue weighted by Crippen LogP contribution is 2.36. The van der Waals surface area contributed by atoms with Crippen molar-refractivity contribution in [2.24, 2.45) is 11.8 Å². The van der Waals surface area contributed by atoms with Crippen molar-refractivity contribution in [1.29, 1.82) is 5.41 Å². The summed E-state index contributed by atoms with van der Waals surface area (Å²) in [6, 6.07) is -0.814. The molecule has 0 radical (unpaired) electrons. The number of fused-ring (bicyclic) bond motifs is 1. The molecule has 2 heterocycles. The fourth-order valence-electron chi connectivity index (χ4n) is 3.59. The number of rotatable bonds is 4. The second kappa shape index (κ2) is 6.98. The van der Waals surface area contributed by atoms with Crippen molar-refractivity contribution < 1.29 is 17.9 Å². The number of carbonyl (C=O) groups is 1. The van der Waals surface area contributed by atoms with Crippen LogP contribution in [0.25, 0.3) is 0 Å². The van der Waals surface area contributed by atoms with Gasteiger partial charge in [-0.2, -0.15) is 0 Å². The van der Waals surface area contributed by atoms with Gasteiger partial charge in [0.1, 0.15) is 0 Å². The van der Waals surface area contributed by atoms with Crippen molar-refractivity contribution in [3.8, 4) is 0 Å². The molecule has 24 heavy (non-hydrogen) atoms. The van der Waals surface area contributed by atoms with Gasteiger partial charge in [0.25, 0.3) is 10.0 Å². The average Bonchev–Trinajstić information content (AvgIpc) is 3.09. The molecule has 0 aromatic heterocycles. The second-order valence-corrected chi connectivity index (χ2v) is 8.02. The van der Waals surface area contributed by atoms with Crippen molar-refractivity contribution in [1.82, 2.24) is 20.5 Å². The highest BCUT2D eigenvalue weighted by molar-refractivity contribution is 7.94. The van der Waals surface area contributed by atoms with Gasteiger partial charge in [-0.3, -0.25) is 5.43 Å². The normalized spacial score (nSPS) is 29.2. The summed E-state index contributed by atoms with van der Waals surface area (Å²) >= 11 is 0. The number of allylic oxidation sites excluding steroid dienone is 1. The number of amides is 2. The predicted molar refractivity (Wildman–Crippen MR) is 87.4 cm³/mol. The molecule has 10 heteroatoms. The first kappa shape index (κ1) is 17.0. The van der Waals surface area contributed by atoms with E-state index in [1.165, 1.54) is 6.42 Å². The van der Waals surface area contributed by atoms with Crippen LogP contribution in [-0.2, 0) is 14.8 Å². The molecule has 0 spiro atoms. The van der Waals surface area contributed by atoms with Crippen LogP contribution >= 0.6 is 0 Å². The minimum Gasteiger partial charge on any atom is -0.478 e. The van der Waals surface area contributed by atoms with Crippen molar-refractivity contribution >= 4 is 22.3 Å². The molecule has 1 aliphatic carbocycles. The zero-order valence-electron chi connectivity index (χ0n) is 13.4. The zero-order valence-corrected chi connectivity index (χ0v) is 14.2. The Labute approximate surface area is 141 Å². The van der Waals surface area contributed by atoms with Crippen LogP contribution in [0.2, 0.25) is 0 Å². The minimum absolute atomic E-state index is 0.00672. The number of nitrogens with zero attached hydrogens (tertiary/aromatic N) is 1. The molecule has 3 aliphatic rings. The fourth-order valence-corrected chi connectivity index (χ4v) is 4.52. The molecule has 9 nitrogen and oxygen atoms in total. The van der Waals surface area contributed by atoms with Gasteiger partial charge in [0.15, 0.2) is 4.91 Å². The van der Waals surface area contributed by atoms with Crippen molar-refractivity contribution in [3.05, 3.63) is 10.8 Å².